The summed E-state index contributed by atoms with van der Waals surface area (Å²) in [5.74, 6) is -0.587. The molecule has 12 heteroatoms. The summed E-state index contributed by atoms with van der Waals surface area (Å²) in [6.07, 6.45) is 1.48. The third-order valence-electron chi connectivity index (χ3n) is 4.74. The van der Waals surface area contributed by atoms with Crippen LogP contribution in [-0.4, -0.2) is 67.6 Å². The van der Waals surface area contributed by atoms with E-state index in [1.165, 1.54) is 17.1 Å². The van der Waals surface area contributed by atoms with Crippen LogP contribution in [0.2, 0.25) is 10.0 Å². The van der Waals surface area contributed by atoms with Crippen LogP contribution in [0, 0.1) is 0 Å². The number of ether oxygens (including phenoxy) is 1. The lowest BCUT2D eigenvalue weighted by Crippen LogP contribution is -2.40. The third kappa shape index (κ3) is 4.87. The van der Waals surface area contributed by atoms with Crippen molar-refractivity contribution < 1.29 is 14.3 Å². The van der Waals surface area contributed by atoms with Crippen LogP contribution >= 0.6 is 23.2 Å². The SMILES string of the molecule is Cn1nc(C(=O)N2CCOCC2)cc1C(=O)Nc1ncn(Cc2ccc(Cl)cc2Cl)n1. The van der Waals surface area contributed by atoms with Gasteiger partial charge in [0.25, 0.3) is 11.8 Å². The molecule has 1 saturated heterocycles. The summed E-state index contributed by atoms with van der Waals surface area (Å²) in [6, 6.07) is 6.64. The number of carbonyl (C=O) groups is 2. The van der Waals surface area contributed by atoms with Crippen LogP contribution in [-0.2, 0) is 18.3 Å². The fraction of sp³-hybridized carbons (Fsp3) is 0.316. The zero-order chi connectivity index (χ0) is 22.0. The van der Waals surface area contributed by atoms with Gasteiger partial charge in [0, 0.05) is 36.2 Å². The number of halogens is 2. The van der Waals surface area contributed by atoms with Crippen LogP contribution in [0.25, 0.3) is 0 Å². The molecule has 1 aliphatic heterocycles. The number of anilines is 1. The summed E-state index contributed by atoms with van der Waals surface area (Å²) in [6.45, 7) is 2.33. The topological polar surface area (TPSA) is 107 Å². The highest BCUT2D eigenvalue weighted by Crippen LogP contribution is 2.21. The van der Waals surface area contributed by atoms with Gasteiger partial charge < -0.3 is 9.64 Å². The van der Waals surface area contributed by atoms with Crippen LogP contribution in [0.1, 0.15) is 26.5 Å². The summed E-state index contributed by atoms with van der Waals surface area (Å²) >= 11 is 12.1. The standard InChI is InChI=1S/C19H19Cl2N7O3/c1-26-16(9-15(24-26)18(30)27-4-6-31-7-5-27)17(29)23-19-22-11-28(25-19)10-12-2-3-13(20)8-14(12)21/h2-3,8-9,11H,4-7,10H2,1H3,(H,23,25,29). The molecule has 31 heavy (non-hydrogen) atoms. The van der Waals surface area contributed by atoms with E-state index in [0.717, 1.165) is 5.56 Å². The second-order valence-electron chi connectivity index (χ2n) is 6.90. The number of carbonyl (C=O) groups excluding carboxylic acids is 2. The molecule has 1 aliphatic rings. The molecule has 3 aromatic rings. The lowest BCUT2D eigenvalue weighted by molar-refractivity contribution is 0.0298. The van der Waals surface area contributed by atoms with Crippen LogP contribution in [0.15, 0.2) is 30.6 Å². The Labute approximate surface area is 187 Å². The highest BCUT2D eigenvalue weighted by atomic mass is 35.5. The number of benzene rings is 1. The van der Waals surface area contributed by atoms with Gasteiger partial charge in [-0.1, -0.05) is 29.3 Å². The van der Waals surface area contributed by atoms with E-state index in [2.05, 4.69) is 20.5 Å². The second kappa shape index (κ2) is 9.04. The van der Waals surface area contributed by atoms with Crippen molar-refractivity contribution in [3.63, 3.8) is 0 Å². The molecule has 0 unspecified atom stereocenters. The normalized spacial score (nSPS) is 14.0. The quantitative estimate of drug-likeness (QED) is 0.620. The van der Waals surface area contributed by atoms with E-state index in [9.17, 15) is 9.59 Å². The predicted molar refractivity (Wildman–Crippen MR) is 113 cm³/mol. The van der Waals surface area contributed by atoms with Gasteiger partial charge in [-0.25, -0.2) is 9.67 Å². The van der Waals surface area contributed by atoms with Crippen molar-refractivity contribution in [1.82, 2.24) is 29.4 Å². The molecule has 3 heterocycles. The van der Waals surface area contributed by atoms with Crippen LogP contribution in [0.3, 0.4) is 0 Å². The Morgan fingerprint density at radius 2 is 1.94 bits per heavy atom. The van der Waals surface area contributed by atoms with Crippen molar-refractivity contribution in [2.24, 2.45) is 7.05 Å². The Morgan fingerprint density at radius 1 is 1.16 bits per heavy atom. The number of aromatic nitrogens is 5. The summed E-state index contributed by atoms with van der Waals surface area (Å²) < 4.78 is 8.16. The van der Waals surface area contributed by atoms with Crippen molar-refractivity contribution in [2.45, 2.75) is 6.54 Å². The largest absolute Gasteiger partial charge is 0.378 e. The minimum absolute atomic E-state index is 0.123. The Balaban J connectivity index is 1.43. The predicted octanol–water partition coefficient (Wildman–Crippen LogP) is 2.09. The molecule has 1 aromatic carbocycles. The molecule has 2 aromatic heterocycles. The number of nitrogens with zero attached hydrogens (tertiary/aromatic N) is 6. The van der Waals surface area contributed by atoms with Gasteiger partial charge in [0.15, 0.2) is 5.69 Å². The van der Waals surface area contributed by atoms with Gasteiger partial charge in [-0.2, -0.15) is 5.10 Å². The molecule has 0 spiro atoms. The molecule has 1 fully saturated rings. The highest BCUT2D eigenvalue weighted by molar-refractivity contribution is 6.35. The summed E-state index contributed by atoms with van der Waals surface area (Å²) in [5.41, 5.74) is 1.23. The van der Waals surface area contributed by atoms with E-state index >= 15 is 0 Å². The van der Waals surface area contributed by atoms with E-state index < -0.39 is 5.91 Å². The lowest BCUT2D eigenvalue weighted by Gasteiger charge is -2.25. The average Bonchev–Trinajstić information content (AvgIpc) is 3.36. The van der Waals surface area contributed by atoms with Gasteiger partial charge in [-0.05, 0) is 17.7 Å². The van der Waals surface area contributed by atoms with E-state index in [4.69, 9.17) is 27.9 Å². The zero-order valence-electron chi connectivity index (χ0n) is 16.6. The maximum Gasteiger partial charge on any atom is 0.276 e. The van der Waals surface area contributed by atoms with Crippen LogP contribution < -0.4 is 5.32 Å². The zero-order valence-corrected chi connectivity index (χ0v) is 18.1. The average molecular weight is 464 g/mol. The molecule has 10 nitrogen and oxygen atoms in total. The smallest absolute Gasteiger partial charge is 0.276 e. The van der Waals surface area contributed by atoms with E-state index in [0.29, 0.717) is 42.9 Å². The Hall–Kier alpha value is -2.95. The molecular weight excluding hydrogens is 445 g/mol. The number of rotatable bonds is 5. The number of aryl methyl sites for hydroxylation is 1. The minimum atomic E-state index is -0.474. The Morgan fingerprint density at radius 3 is 2.68 bits per heavy atom. The fourth-order valence-corrected chi connectivity index (χ4v) is 3.60. The Bertz CT molecular complexity index is 1120. The van der Waals surface area contributed by atoms with Gasteiger partial charge in [-0.3, -0.25) is 19.6 Å². The monoisotopic (exact) mass is 463 g/mol. The minimum Gasteiger partial charge on any atom is -0.378 e. The van der Waals surface area contributed by atoms with E-state index in [1.54, 1.807) is 34.8 Å². The Kier molecular flexibility index (Phi) is 6.21. The molecule has 0 atom stereocenters. The number of hydrogen-bond donors (Lipinski definition) is 1. The molecule has 1 N–H and O–H groups in total. The second-order valence-corrected chi connectivity index (χ2v) is 7.74. The van der Waals surface area contributed by atoms with Gasteiger partial charge in [0.05, 0.1) is 19.8 Å². The number of amides is 2. The lowest BCUT2D eigenvalue weighted by atomic mass is 10.2. The van der Waals surface area contributed by atoms with Crippen LogP contribution in [0.5, 0.6) is 0 Å². The number of nitrogens with one attached hydrogen (secondary N) is 1. The van der Waals surface area contributed by atoms with Gasteiger partial charge >= 0.3 is 0 Å². The van der Waals surface area contributed by atoms with E-state index in [-0.39, 0.29) is 23.2 Å². The van der Waals surface area contributed by atoms with Crippen molar-refractivity contribution >= 4 is 41.0 Å². The summed E-state index contributed by atoms with van der Waals surface area (Å²) in [7, 11) is 1.60. The first-order valence-electron chi connectivity index (χ1n) is 9.46. The van der Waals surface area contributed by atoms with Gasteiger partial charge in [0.2, 0.25) is 5.95 Å². The van der Waals surface area contributed by atoms with Crippen molar-refractivity contribution in [2.75, 3.05) is 31.6 Å². The van der Waals surface area contributed by atoms with Crippen molar-refractivity contribution in [3.8, 4) is 0 Å². The fourth-order valence-electron chi connectivity index (χ4n) is 3.13. The maximum atomic E-state index is 12.7. The first-order valence-corrected chi connectivity index (χ1v) is 10.2. The maximum absolute atomic E-state index is 12.7. The molecule has 4 rings (SSSR count). The summed E-state index contributed by atoms with van der Waals surface area (Å²) in [4.78, 5) is 31.0. The number of hydrogen-bond acceptors (Lipinski definition) is 6. The van der Waals surface area contributed by atoms with Crippen molar-refractivity contribution in [3.05, 3.63) is 57.6 Å². The van der Waals surface area contributed by atoms with Gasteiger partial charge in [-0.15, -0.1) is 5.10 Å². The molecule has 0 saturated carbocycles. The van der Waals surface area contributed by atoms with Crippen LogP contribution in [0.4, 0.5) is 5.95 Å². The molecular formula is C19H19Cl2N7O3. The molecule has 0 bridgehead atoms. The molecule has 2 amide bonds. The van der Waals surface area contributed by atoms with Gasteiger partial charge in [0.1, 0.15) is 12.0 Å². The van der Waals surface area contributed by atoms with E-state index in [1.807, 2.05) is 0 Å². The number of morpholine rings is 1. The summed E-state index contributed by atoms with van der Waals surface area (Å²) in [5, 5.41) is 12.1. The van der Waals surface area contributed by atoms with Crippen molar-refractivity contribution in [1.29, 1.82) is 0 Å². The molecule has 162 valence electrons. The molecule has 0 aliphatic carbocycles. The first kappa shape index (κ1) is 21.3. The third-order valence-corrected chi connectivity index (χ3v) is 5.33. The molecule has 0 radical (unpaired) electrons. The highest BCUT2D eigenvalue weighted by Gasteiger charge is 2.24. The first-order chi connectivity index (χ1) is 14.9.